The minimum absolute atomic E-state index is 0.168. The number of nitrogens with two attached hydrogens (primary N) is 1. The van der Waals surface area contributed by atoms with Gasteiger partial charge in [0.25, 0.3) is 5.91 Å². The maximum absolute atomic E-state index is 11.8. The van der Waals surface area contributed by atoms with E-state index >= 15 is 0 Å². The Morgan fingerprint density at radius 2 is 1.69 bits per heavy atom. The van der Waals surface area contributed by atoms with E-state index in [0.717, 1.165) is 0 Å². The molecular formula is C11H16N2O3. The first kappa shape index (κ1) is 12.2. The fraction of sp³-hybridized carbons (Fsp3) is 0.364. The number of nitrogen functional groups attached to an aromatic ring is 1. The van der Waals surface area contributed by atoms with E-state index in [-0.39, 0.29) is 5.91 Å². The maximum Gasteiger partial charge on any atom is 0.255 e. The molecule has 5 nitrogen and oxygen atoms in total. The number of anilines is 1. The van der Waals surface area contributed by atoms with E-state index in [2.05, 4.69) is 0 Å². The van der Waals surface area contributed by atoms with Gasteiger partial charge in [0.15, 0.2) is 11.5 Å². The molecule has 0 unspecified atom stereocenters. The van der Waals surface area contributed by atoms with Crippen LogP contribution in [0.25, 0.3) is 0 Å². The first-order valence-electron chi connectivity index (χ1n) is 4.74. The van der Waals surface area contributed by atoms with E-state index in [1.807, 2.05) is 0 Å². The number of benzene rings is 1. The lowest BCUT2D eigenvalue weighted by Crippen LogP contribution is -2.22. The highest BCUT2D eigenvalue weighted by molar-refractivity contribution is 5.99. The van der Waals surface area contributed by atoms with Gasteiger partial charge in [-0.25, -0.2) is 0 Å². The van der Waals surface area contributed by atoms with Crippen molar-refractivity contribution in [3.05, 3.63) is 17.7 Å². The minimum atomic E-state index is -0.168. The highest BCUT2D eigenvalue weighted by atomic mass is 16.5. The Hall–Kier alpha value is -1.91. The summed E-state index contributed by atoms with van der Waals surface area (Å²) in [5.74, 6) is 0.829. The van der Waals surface area contributed by atoms with Crippen LogP contribution in [0.2, 0.25) is 0 Å². The summed E-state index contributed by atoms with van der Waals surface area (Å²) in [7, 11) is 6.36. The van der Waals surface area contributed by atoms with E-state index < -0.39 is 0 Å². The zero-order chi connectivity index (χ0) is 12.3. The Morgan fingerprint density at radius 3 is 2.12 bits per heavy atom. The molecule has 0 radical (unpaired) electrons. The van der Waals surface area contributed by atoms with E-state index in [1.165, 1.54) is 19.1 Å². The third-order valence-corrected chi connectivity index (χ3v) is 2.19. The Kier molecular flexibility index (Phi) is 3.60. The summed E-state index contributed by atoms with van der Waals surface area (Å²) < 4.78 is 10.2. The molecule has 2 N–H and O–H groups in total. The Bertz CT molecular complexity index is 402. The number of methoxy groups -OCH3 is 2. The summed E-state index contributed by atoms with van der Waals surface area (Å²) >= 11 is 0. The smallest absolute Gasteiger partial charge is 0.255 e. The quantitative estimate of drug-likeness (QED) is 0.777. The second-order valence-corrected chi connectivity index (χ2v) is 3.49. The predicted octanol–water partition coefficient (Wildman–Crippen LogP) is 0.988. The summed E-state index contributed by atoms with van der Waals surface area (Å²) in [5.41, 5.74) is 6.55. The molecule has 0 aliphatic carbocycles. The van der Waals surface area contributed by atoms with Gasteiger partial charge >= 0.3 is 0 Å². The van der Waals surface area contributed by atoms with Gasteiger partial charge in [-0.2, -0.15) is 0 Å². The van der Waals surface area contributed by atoms with Gasteiger partial charge in [0.05, 0.1) is 19.8 Å². The van der Waals surface area contributed by atoms with E-state index in [1.54, 1.807) is 26.2 Å². The molecule has 5 heteroatoms. The lowest BCUT2D eigenvalue weighted by atomic mass is 10.1. The van der Waals surface area contributed by atoms with Crippen LogP contribution in [-0.2, 0) is 0 Å². The number of carbonyl (C=O) groups is 1. The van der Waals surface area contributed by atoms with E-state index in [4.69, 9.17) is 15.2 Å². The number of hydrogen-bond donors (Lipinski definition) is 1. The fourth-order valence-electron chi connectivity index (χ4n) is 1.32. The van der Waals surface area contributed by atoms with Crippen molar-refractivity contribution in [2.75, 3.05) is 34.0 Å². The number of hydrogen-bond acceptors (Lipinski definition) is 4. The van der Waals surface area contributed by atoms with Crippen molar-refractivity contribution >= 4 is 11.6 Å². The molecule has 0 atom stereocenters. The molecule has 0 fully saturated rings. The second kappa shape index (κ2) is 4.74. The standard InChI is InChI=1S/C11H16N2O3/c1-13(2)11(14)7-5-9(15-3)10(16-4)6-8(7)12/h5-6H,12H2,1-4H3. The van der Waals surface area contributed by atoms with Crippen molar-refractivity contribution in [2.24, 2.45) is 0 Å². The van der Waals surface area contributed by atoms with Crippen LogP contribution >= 0.6 is 0 Å². The Morgan fingerprint density at radius 1 is 1.19 bits per heavy atom. The van der Waals surface area contributed by atoms with Crippen LogP contribution < -0.4 is 15.2 Å². The number of amides is 1. The molecule has 0 saturated heterocycles. The zero-order valence-electron chi connectivity index (χ0n) is 9.90. The van der Waals surface area contributed by atoms with E-state index in [0.29, 0.717) is 22.7 Å². The average Bonchev–Trinajstić information content (AvgIpc) is 2.27. The van der Waals surface area contributed by atoms with Gasteiger partial charge in [-0.1, -0.05) is 0 Å². The van der Waals surface area contributed by atoms with Gasteiger partial charge in [0.1, 0.15) is 0 Å². The normalized spacial score (nSPS) is 9.75. The van der Waals surface area contributed by atoms with Gasteiger partial charge < -0.3 is 20.1 Å². The van der Waals surface area contributed by atoms with Crippen LogP contribution in [0.3, 0.4) is 0 Å². The largest absolute Gasteiger partial charge is 0.493 e. The summed E-state index contributed by atoms with van der Waals surface area (Å²) in [6.07, 6.45) is 0. The predicted molar refractivity (Wildman–Crippen MR) is 62.0 cm³/mol. The van der Waals surface area contributed by atoms with Gasteiger partial charge in [-0.15, -0.1) is 0 Å². The van der Waals surface area contributed by atoms with Crippen molar-refractivity contribution in [3.63, 3.8) is 0 Å². The van der Waals surface area contributed by atoms with E-state index in [9.17, 15) is 4.79 Å². The molecule has 1 amide bonds. The molecule has 1 aromatic carbocycles. The summed E-state index contributed by atoms with van der Waals surface area (Å²) in [4.78, 5) is 13.2. The molecule has 0 aliphatic heterocycles. The summed E-state index contributed by atoms with van der Waals surface area (Å²) in [6, 6.07) is 3.16. The molecular weight excluding hydrogens is 208 g/mol. The number of carbonyl (C=O) groups excluding carboxylic acids is 1. The van der Waals surface area contributed by atoms with Crippen molar-refractivity contribution in [2.45, 2.75) is 0 Å². The fourth-order valence-corrected chi connectivity index (χ4v) is 1.32. The van der Waals surface area contributed by atoms with Gasteiger partial charge in [-0.3, -0.25) is 4.79 Å². The molecule has 0 saturated carbocycles. The van der Waals surface area contributed by atoms with Crippen molar-refractivity contribution in [3.8, 4) is 11.5 Å². The SMILES string of the molecule is COc1cc(N)c(C(=O)N(C)C)cc1OC. The summed E-state index contributed by atoms with van der Waals surface area (Å²) in [5, 5.41) is 0. The van der Waals surface area contributed by atoms with Crippen LogP contribution in [-0.4, -0.2) is 39.1 Å². The molecule has 0 spiro atoms. The third kappa shape index (κ3) is 2.18. The Labute approximate surface area is 94.7 Å². The highest BCUT2D eigenvalue weighted by Crippen LogP contribution is 2.32. The van der Waals surface area contributed by atoms with Crippen molar-refractivity contribution in [1.82, 2.24) is 4.90 Å². The van der Waals surface area contributed by atoms with Crippen LogP contribution in [0.5, 0.6) is 11.5 Å². The average molecular weight is 224 g/mol. The van der Waals surface area contributed by atoms with Gasteiger partial charge in [0.2, 0.25) is 0 Å². The first-order chi connectivity index (χ1) is 7.51. The van der Waals surface area contributed by atoms with Crippen molar-refractivity contribution in [1.29, 1.82) is 0 Å². The second-order valence-electron chi connectivity index (χ2n) is 3.49. The number of rotatable bonds is 3. The number of nitrogens with zero attached hydrogens (tertiary/aromatic N) is 1. The van der Waals surface area contributed by atoms with Crippen LogP contribution in [0.1, 0.15) is 10.4 Å². The molecule has 1 aromatic rings. The van der Waals surface area contributed by atoms with Crippen molar-refractivity contribution < 1.29 is 14.3 Å². The summed E-state index contributed by atoms with van der Waals surface area (Å²) in [6.45, 7) is 0. The molecule has 1 rings (SSSR count). The van der Waals surface area contributed by atoms with Crippen LogP contribution in [0.15, 0.2) is 12.1 Å². The number of ether oxygens (including phenoxy) is 2. The highest BCUT2D eigenvalue weighted by Gasteiger charge is 2.16. The third-order valence-electron chi connectivity index (χ3n) is 2.19. The monoisotopic (exact) mass is 224 g/mol. The Balaban J connectivity index is 3.26. The molecule has 88 valence electrons. The van der Waals surface area contributed by atoms with Crippen LogP contribution in [0, 0.1) is 0 Å². The minimum Gasteiger partial charge on any atom is -0.493 e. The first-order valence-corrected chi connectivity index (χ1v) is 4.74. The molecule has 16 heavy (non-hydrogen) atoms. The molecule has 0 aromatic heterocycles. The molecule has 0 aliphatic rings. The maximum atomic E-state index is 11.8. The lowest BCUT2D eigenvalue weighted by Gasteiger charge is -2.15. The van der Waals surface area contributed by atoms with Crippen LogP contribution in [0.4, 0.5) is 5.69 Å². The topological polar surface area (TPSA) is 64.8 Å². The lowest BCUT2D eigenvalue weighted by molar-refractivity contribution is 0.0828. The zero-order valence-corrected chi connectivity index (χ0v) is 9.90. The molecule has 0 bridgehead atoms. The van der Waals surface area contributed by atoms with Gasteiger partial charge in [-0.05, 0) is 6.07 Å². The van der Waals surface area contributed by atoms with Gasteiger partial charge in [0, 0.05) is 25.8 Å². The molecule has 0 heterocycles.